The van der Waals surface area contributed by atoms with Crippen molar-refractivity contribution in [3.05, 3.63) is 23.8 Å². The van der Waals surface area contributed by atoms with E-state index in [4.69, 9.17) is 9.15 Å². The fraction of sp³-hybridized carbons (Fsp3) is 0.538. The number of ether oxygens (including phenoxy) is 1. The van der Waals surface area contributed by atoms with Gasteiger partial charge in [0.2, 0.25) is 0 Å². The van der Waals surface area contributed by atoms with E-state index in [9.17, 15) is 0 Å². The van der Waals surface area contributed by atoms with Crippen LogP contribution in [0.5, 0.6) is 0 Å². The lowest BCUT2D eigenvalue weighted by Gasteiger charge is -2.03. The van der Waals surface area contributed by atoms with Crippen molar-refractivity contribution in [1.82, 2.24) is 20.1 Å². The molecule has 6 heteroatoms. The van der Waals surface area contributed by atoms with Crippen molar-refractivity contribution in [2.75, 3.05) is 20.3 Å². The van der Waals surface area contributed by atoms with Crippen LogP contribution in [0.4, 0.5) is 0 Å². The van der Waals surface area contributed by atoms with Gasteiger partial charge in [-0.15, -0.1) is 0 Å². The summed E-state index contributed by atoms with van der Waals surface area (Å²) in [5.74, 6) is 0.777. The summed E-state index contributed by atoms with van der Waals surface area (Å²) in [7, 11) is 3.60. The van der Waals surface area contributed by atoms with Crippen LogP contribution in [-0.2, 0) is 24.8 Å². The molecule has 0 aliphatic carbocycles. The Hall–Kier alpha value is -1.66. The maximum absolute atomic E-state index is 5.50. The van der Waals surface area contributed by atoms with E-state index in [0.717, 1.165) is 35.8 Å². The molecule has 0 radical (unpaired) electrons. The first-order valence-electron chi connectivity index (χ1n) is 6.41. The van der Waals surface area contributed by atoms with Gasteiger partial charge in [-0.3, -0.25) is 4.68 Å². The summed E-state index contributed by atoms with van der Waals surface area (Å²) in [6.45, 7) is 4.20. The van der Waals surface area contributed by atoms with Crippen LogP contribution in [0.1, 0.15) is 18.3 Å². The molecule has 2 aromatic heterocycles. The third-order valence-electron chi connectivity index (χ3n) is 2.94. The molecule has 1 N–H and O–H groups in total. The minimum atomic E-state index is 0.655. The summed E-state index contributed by atoms with van der Waals surface area (Å²) in [5, 5.41) is 7.69. The highest BCUT2D eigenvalue weighted by Gasteiger charge is 2.15. The summed E-state index contributed by atoms with van der Waals surface area (Å²) in [6, 6.07) is 2.04. The molecular weight excluding hydrogens is 244 g/mol. The second-order valence-corrected chi connectivity index (χ2v) is 4.30. The van der Waals surface area contributed by atoms with E-state index in [1.54, 1.807) is 7.11 Å². The second-order valence-electron chi connectivity index (χ2n) is 4.30. The van der Waals surface area contributed by atoms with Crippen molar-refractivity contribution in [2.45, 2.75) is 19.9 Å². The van der Waals surface area contributed by atoms with E-state index in [2.05, 4.69) is 22.3 Å². The smallest absolute Gasteiger partial charge is 0.181 e. The predicted octanol–water partition coefficient (Wildman–Crippen LogP) is 1.37. The van der Waals surface area contributed by atoms with E-state index in [-0.39, 0.29) is 0 Å². The quantitative estimate of drug-likeness (QED) is 0.765. The van der Waals surface area contributed by atoms with E-state index >= 15 is 0 Å². The Balaban J connectivity index is 2.11. The molecule has 0 aromatic carbocycles. The number of hydrogen-bond donors (Lipinski definition) is 1. The van der Waals surface area contributed by atoms with E-state index < -0.39 is 0 Å². The highest BCUT2D eigenvalue weighted by atomic mass is 16.5. The van der Waals surface area contributed by atoms with Crippen LogP contribution < -0.4 is 5.32 Å². The molecular formula is C13H20N4O2. The molecule has 0 unspecified atom stereocenters. The molecule has 0 amide bonds. The molecule has 0 atom stereocenters. The van der Waals surface area contributed by atoms with E-state index in [1.165, 1.54) is 6.39 Å². The SMILES string of the molecule is CCc1cc(-c2ocnc2CNCCOC)n(C)n1. The summed E-state index contributed by atoms with van der Waals surface area (Å²) in [6.07, 6.45) is 2.38. The van der Waals surface area contributed by atoms with Crippen LogP contribution in [0, 0.1) is 0 Å². The Kier molecular flexibility index (Phi) is 4.70. The fourth-order valence-electron chi connectivity index (χ4n) is 1.90. The van der Waals surface area contributed by atoms with E-state index in [1.807, 2.05) is 17.8 Å². The van der Waals surface area contributed by atoms with Crippen LogP contribution in [0.25, 0.3) is 11.5 Å². The Bertz CT molecular complexity index is 518. The third kappa shape index (κ3) is 3.21. The number of oxazole rings is 1. The van der Waals surface area contributed by atoms with Gasteiger partial charge >= 0.3 is 0 Å². The highest BCUT2D eigenvalue weighted by Crippen LogP contribution is 2.23. The zero-order valence-electron chi connectivity index (χ0n) is 11.6. The first-order chi connectivity index (χ1) is 9.26. The predicted molar refractivity (Wildman–Crippen MR) is 71.7 cm³/mol. The number of nitrogens with zero attached hydrogens (tertiary/aromatic N) is 3. The summed E-state index contributed by atoms with van der Waals surface area (Å²) in [5.41, 5.74) is 2.90. The lowest BCUT2D eigenvalue weighted by atomic mass is 10.2. The van der Waals surface area contributed by atoms with Gasteiger partial charge in [0.25, 0.3) is 0 Å². The van der Waals surface area contributed by atoms with Crippen molar-refractivity contribution in [2.24, 2.45) is 7.05 Å². The number of nitrogens with one attached hydrogen (secondary N) is 1. The minimum Gasteiger partial charge on any atom is -0.442 e. The van der Waals surface area contributed by atoms with Gasteiger partial charge in [-0.1, -0.05) is 6.92 Å². The van der Waals surface area contributed by atoms with Crippen molar-refractivity contribution in [1.29, 1.82) is 0 Å². The molecule has 0 spiro atoms. The first kappa shape index (κ1) is 13.8. The summed E-state index contributed by atoms with van der Waals surface area (Å²) < 4.78 is 12.3. The first-order valence-corrected chi connectivity index (χ1v) is 6.41. The Morgan fingerprint density at radius 3 is 3.00 bits per heavy atom. The molecule has 0 bridgehead atoms. The van der Waals surface area contributed by atoms with Crippen LogP contribution in [0.15, 0.2) is 16.9 Å². The topological polar surface area (TPSA) is 65.1 Å². The van der Waals surface area contributed by atoms with Crippen molar-refractivity contribution in [3.63, 3.8) is 0 Å². The maximum atomic E-state index is 5.50. The second kappa shape index (κ2) is 6.49. The molecule has 0 saturated heterocycles. The van der Waals surface area contributed by atoms with Gasteiger partial charge in [0.1, 0.15) is 11.4 Å². The zero-order valence-corrected chi connectivity index (χ0v) is 11.6. The molecule has 0 aliphatic heterocycles. The molecule has 2 aromatic rings. The number of aromatic nitrogens is 3. The van der Waals surface area contributed by atoms with Crippen molar-refractivity contribution < 1.29 is 9.15 Å². The standard InChI is InChI=1S/C13H20N4O2/c1-4-10-7-12(17(2)16-10)13-11(15-9-19-13)8-14-5-6-18-3/h7,9,14H,4-6,8H2,1-3H3. The molecule has 6 nitrogen and oxygen atoms in total. The molecule has 2 heterocycles. The van der Waals surface area contributed by atoms with Gasteiger partial charge in [0.15, 0.2) is 12.2 Å². The number of hydrogen-bond acceptors (Lipinski definition) is 5. The number of aryl methyl sites for hydroxylation is 2. The Morgan fingerprint density at radius 2 is 2.32 bits per heavy atom. The van der Waals surface area contributed by atoms with Crippen LogP contribution >= 0.6 is 0 Å². The average Bonchev–Trinajstić information content (AvgIpc) is 3.00. The van der Waals surface area contributed by atoms with Gasteiger partial charge in [0.05, 0.1) is 12.3 Å². The average molecular weight is 264 g/mol. The largest absolute Gasteiger partial charge is 0.442 e. The van der Waals surface area contributed by atoms with Gasteiger partial charge < -0.3 is 14.5 Å². The van der Waals surface area contributed by atoms with Crippen molar-refractivity contribution in [3.8, 4) is 11.5 Å². The molecule has 0 aliphatic rings. The van der Waals surface area contributed by atoms with Crippen molar-refractivity contribution >= 4 is 0 Å². The van der Waals surface area contributed by atoms with Gasteiger partial charge in [-0.2, -0.15) is 5.10 Å². The lowest BCUT2D eigenvalue weighted by molar-refractivity contribution is 0.199. The summed E-state index contributed by atoms with van der Waals surface area (Å²) >= 11 is 0. The highest BCUT2D eigenvalue weighted by molar-refractivity contribution is 5.55. The lowest BCUT2D eigenvalue weighted by Crippen LogP contribution is -2.19. The zero-order chi connectivity index (χ0) is 13.7. The fourth-order valence-corrected chi connectivity index (χ4v) is 1.90. The maximum Gasteiger partial charge on any atom is 0.181 e. The minimum absolute atomic E-state index is 0.655. The van der Waals surface area contributed by atoms with Crippen LogP contribution in [0.2, 0.25) is 0 Å². The monoisotopic (exact) mass is 264 g/mol. The molecule has 104 valence electrons. The van der Waals surface area contributed by atoms with E-state index in [0.29, 0.717) is 13.2 Å². The van der Waals surface area contributed by atoms with Gasteiger partial charge in [-0.25, -0.2) is 4.98 Å². The molecule has 2 rings (SSSR count). The Labute approximate surface area is 112 Å². The summed E-state index contributed by atoms with van der Waals surface area (Å²) in [4.78, 5) is 4.26. The molecule has 19 heavy (non-hydrogen) atoms. The molecule has 0 fully saturated rings. The number of methoxy groups -OCH3 is 1. The molecule has 0 saturated carbocycles. The third-order valence-corrected chi connectivity index (χ3v) is 2.94. The Morgan fingerprint density at radius 1 is 1.47 bits per heavy atom. The normalized spacial score (nSPS) is 11.1. The van der Waals surface area contributed by atoms with Crippen LogP contribution in [0.3, 0.4) is 0 Å². The van der Waals surface area contributed by atoms with Crippen LogP contribution in [-0.4, -0.2) is 35.0 Å². The van der Waals surface area contributed by atoms with Gasteiger partial charge in [0, 0.05) is 27.2 Å². The number of rotatable bonds is 7. The van der Waals surface area contributed by atoms with Gasteiger partial charge in [-0.05, 0) is 12.5 Å².